The fourth-order valence-electron chi connectivity index (χ4n) is 2.88. The van der Waals surface area contributed by atoms with E-state index < -0.39 is 0 Å². The van der Waals surface area contributed by atoms with Crippen LogP contribution in [0.3, 0.4) is 0 Å². The second kappa shape index (κ2) is 7.99. The maximum atomic E-state index is 5.95. The van der Waals surface area contributed by atoms with E-state index in [1.165, 1.54) is 5.56 Å². The fraction of sp³-hybridized carbons (Fsp3) is 0.471. The number of ether oxygens (including phenoxy) is 1. The summed E-state index contributed by atoms with van der Waals surface area (Å²) in [5.41, 5.74) is 1.24. The van der Waals surface area contributed by atoms with Crippen LogP contribution in [0, 0.1) is 0 Å². The van der Waals surface area contributed by atoms with Crippen molar-refractivity contribution >= 4 is 5.82 Å². The Labute approximate surface area is 137 Å². The molecule has 1 fully saturated rings. The first kappa shape index (κ1) is 15.8. The van der Waals surface area contributed by atoms with Crippen LogP contribution < -0.4 is 4.90 Å². The SMILES string of the molecule is CCN(C[C@H]1CN(Cc2cccnc2)CCO1)c1cccnn1. The van der Waals surface area contributed by atoms with Crippen molar-refractivity contribution in [3.8, 4) is 0 Å². The predicted octanol–water partition coefficient (Wildman–Crippen LogP) is 1.60. The largest absolute Gasteiger partial charge is 0.374 e. The molecule has 3 heterocycles. The molecule has 1 saturated heterocycles. The van der Waals surface area contributed by atoms with Gasteiger partial charge in [0.1, 0.15) is 0 Å². The van der Waals surface area contributed by atoms with Crippen LogP contribution in [0.4, 0.5) is 5.82 Å². The van der Waals surface area contributed by atoms with E-state index in [0.29, 0.717) is 0 Å². The van der Waals surface area contributed by atoms with Crippen molar-refractivity contribution in [2.24, 2.45) is 0 Å². The highest BCUT2D eigenvalue weighted by molar-refractivity contribution is 5.36. The molecule has 2 aromatic heterocycles. The molecule has 1 aliphatic rings. The molecule has 0 amide bonds. The van der Waals surface area contributed by atoms with Gasteiger partial charge in [0.15, 0.2) is 5.82 Å². The molecule has 0 unspecified atom stereocenters. The Kier molecular flexibility index (Phi) is 5.50. The molecule has 0 aliphatic carbocycles. The molecule has 0 bridgehead atoms. The summed E-state index contributed by atoms with van der Waals surface area (Å²) in [4.78, 5) is 8.83. The highest BCUT2D eigenvalue weighted by Crippen LogP contribution is 2.14. The first-order valence-electron chi connectivity index (χ1n) is 8.10. The summed E-state index contributed by atoms with van der Waals surface area (Å²) in [6, 6.07) is 8.02. The number of nitrogens with zero attached hydrogens (tertiary/aromatic N) is 5. The highest BCUT2D eigenvalue weighted by atomic mass is 16.5. The summed E-state index contributed by atoms with van der Waals surface area (Å²) < 4.78 is 5.95. The predicted molar refractivity (Wildman–Crippen MR) is 89.2 cm³/mol. The number of pyridine rings is 1. The Morgan fingerprint density at radius 1 is 1.30 bits per heavy atom. The Bertz CT molecular complexity index is 580. The van der Waals surface area contributed by atoms with E-state index in [0.717, 1.165) is 45.1 Å². The molecule has 0 radical (unpaired) electrons. The molecular formula is C17H23N5O. The van der Waals surface area contributed by atoms with Crippen LogP contribution in [-0.2, 0) is 11.3 Å². The minimum absolute atomic E-state index is 0.183. The maximum absolute atomic E-state index is 5.95. The van der Waals surface area contributed by atoms with Crippen molar-refractivity contribution in [1.82, 2.24) is 20.1 Å². The topological polar surface area (TPSA) is 54.4 Å². The molecule has 1 aliphatic heterocycles. The van der Waals surface area contributed by atoms with Crippen molar-refractivity contribution in [3.05, 3.63) is 48.4 Å². The van der Waals surface area contributed by atoms with Crippen LogP contribution in [0.15, 0.2) is 42.9 Å². The van der Waals surface area contributed by atoms with Gasteiger partial charge in [0.25, 0.3) is 0 Å². The van der Waals surface area contributed by atoms with Gasteiger partial charge in [-0.15, -0.1) is 5.10 Å². The molecule has 0 spiro atoms. The summed E-state index contributed by atoms with van der Waals surface area (Å²) in [6.07, 6.45) is 5.63. The zero-order valence-corrected chi connectivity index (χ0v) is 13.5. The van der Waals surface area contributed by atoms with Crippen LogP contribution in [0.25, 0.3) is 0 Å². The third-order valence-corrected chi connectivity index (χ3v) is 4.04. The zero-order valence-electron chi connectivity index (χ0n) is 13.5. The Balaban J connectivity index is 1.57. The molecule has 1 atom stereocenters. The monoisotopic (exact) mass is 313 g/mol. The number of aromatic nitrogens is 3. The van der Waals surface area contributed by atoms with Gasteiger partial charge in [-0.1, -0.05) is 6.07 Å². The number of hydrogen-bond donors (Lipinski definition) is 0. The van der Waals surface area contributed by atoms with Crippen molar-refractivity contribution < 1.29 is 4.74 Å². The van der Waals surface area contributed by atoms with Gasteiger partial charge in [-0.2, -0.15) is 5.10 Å². The lowest BCUT2D eigenvalue weighted by Crippen LogP contribution is -2.47. The zero-order chi connectivity index (χ0) is 15.9. The molecule has 6 heteroatoms. The maximum Gasteiger partial charge on any atom is 0.151 e. The minimum atomic E-state index is 0.183. The van der Waals surface area contributed by atoms with Gasteiger partial charge >= 0.3 is 0 Å². The summed E-state index contributed by atoms with van der Waals surface area (Å²) in [5.74, 6) is 0.906. The average molecular weight is 313 g/mol. The third kappa shape index (κ3) is 4.46. The lowest BCUT2D eigenvalue weighted by molar-refractivity contribution is -0.0268. The van der Waals surface area contributed by atoms with Crippen LogP contribution in [-0.4, -0.2) is 59.0 Å². The van der Waals surface area contributed by atoms with Gasteiger partial charge < -0.3 is 9.64 Å². The van der Waals surface area contributed by atoms with Gasteiger partial charge in [0.05, 0.1) is 12.7 Å². The van der Waals surface area contributed by atoms with Gasteiger partial charge in [0.2, 0.25) is 0 Å². The second-order valence-corrected chi connectivity index (χ2v) is 5.71. The fourth-order valence-corrected chi connectivity index (χ4v) is 2.88. The average Bonchev–Trinajstić information content (AvgIpc) is 2.62. The number of rotatable bonds is 6. The molecule has 6 nitrogen and oxygen atoms in total. The van der Waals surface area contributed by atoms with E-state index in [1.807, 2.05) is 30.6 Å². The third-order valence-electron chi connectivity index (χ3n) is 4.04. The van der Waals surface area contributed by atoms with Gasteiger partial charge in [0, 0.05) is 51.3 Å². The normalized spacial score (nSPS) is 18.7. The minimum Gasteiger partial charge on any atom is -0.374 e. The molecular weight excluding hydrogens is 290 g/mol. The molecule has 23 heavy (non-hydrogen) atoms. The van der Waals surface area contributed by atoms with Gasteiger partial charge in [-0.05, 0) is 30.7 Å². The van der Waals surface area contributed by atoms with Crippen molar-refractivity contribution in [1.29, 1.82) is 0 Å². The Morgan fingerprint density at radius 3 is 2.96 bits per heavy atom. The second-order valence-electron chi connectivity index (χ2n) is 5.71. The number of anilines is 1. The number of hydrogen-bond acceptors (Lipinski definition) is 6. The summed E-state index contributed by atoms with van der Waals surface area (Å²) in [6.45, 7) is 7.42. The molecule has 0 N–H and O–H groups in total. The van der Waals surface area contributed by atoms with Crippen LogP contribution in [0.2, 0.25) is 0 Å². The van der Waals surface area contributed by atoms with E-state index in [4.69, 9.17) is 4.74 Å². The van der Waals surface area contributed by atoms with E-state index in [1.54, 1.807) is 6.20 Å². The summed E-state index contributed by atoms with van der Waals surface area (Å²) >= 11 is 0. The summed E-state index contributed by atoms with van der Waals surface area (Å²) in [7, 11) is 0. The van der Waals surface area contributed by atoms with E-state index >= 15 is 0 Å². The number of morpholine rings is 1. The number of likely N-dealkylation sites (N-methyl/N-ethyl adjacent to an activating group) is 1. The molecule has 3 rings (SSSR count). The lowest BCUT2D eigenvalue weighted by atomic mass is 10.2. The molecule has 0 saturated carbocycles. The van der Waals surface area contributed by atoms with E-state index in [2.05, 4.69) is 38.0 Å². The quantitative estimate of drug-likeness (QED) is 0.807. The van der Waals surface area contributed by atoms with Crippen LogP contribution in [0.5, 0.6) is 0 Å². The van der Waals surface area contributed by atoms with Crippen molar-refractivity contribution in [2.45, 2.75) is 19.6 Å². The molecule has 122 valence electrons. The lowest BCUT2D eigenvalue weighted by Gasteiger charge is -2.35. The van der Waals surface area contributed by atoms with Crippen LogP contribution in [0.1, 0.15) is 12.5 Å². The standard InChI is InChI=1S/C17H23N5O/c1-2-22(17-6-4-8-19-20-17)14-16-13-21(9-10-23-16)12-15-5-3-7-18-11-15/h3-8,11,16H,2,9-10,12-14H2,1H3/t16-/m1/s1. The molecule has 0 aromatic carbocycles. The van der Waals surface area contributed by atoms with E-state index in [-0.39, 0.29) is 6.10 Å². The van der Waals surface area contributed by atoms with Crippen molar-refractivity contribution in [3.63, 3.8) is 0 Å². The van der Waals surface area contributed by atoms with Gasteiger partial charge in [-0.3, -0.25) is 9.88 Å². The Hall–Kier alpha value is -2.05. The van der Waals surface area contributed by atoms with Gasteiger partial charge in [-0.25, -0.2) is 0 Å². The van der Waals surface area contributed by atoms with Crippen molar-refractivity contribution in [2.75, 3.05) is 37.7 Å². The summed E-state index contributed by atoms with van der Waals surface area (Å²) in [5, 5.41) is 8.17. The molecule has 2 aromatic rings. The van der Waals surface area contributed by atoms with Crippen LogP contribution >= 0.6 is 0 Å². The first-order chi connectivity index (χ1) is 11.3. The first-order valence-corrected chi connectivity index (χ1v) is 8.10. The smallest absolute Gasteiger partial charge is 0.151 e. The van der Waals surface area contributed by atoms with E-state index in [9.17, 15) is 0 Å². The Morgan fingerprint density at radius 2 is 2.22 bits per heavy atom. The highest BCUT2D eigenvalue weighted by Gasteiger charge is 2.23.